The van der Waals surface area contributed by atoms with Crippen LogP contribution in [0.25, 0.3) is 5.78 Å². The zero-order chi connectivity index (χ0) is 27.8. The van der Waals surface area contributed by atoms with Gasteiger partial charge in [0.05, 0.1) is 25.0 Å². The zero-order valence-electron chi connectivity index (χ0n) is 19.9. The van der Waals surface area contributed by atoms with Crippen molar-refractivity contribution >= 4 is 23.3 Å². The first-order valence-corrected chi connectivity index (χ1v) is 11.4. The van der Waals surface area contributed by atoms with E-state index >= 15 is 0 Å². The van der Waals surface area contributed by atoms with E-state index in [4.69, 9.17) is 19.4 Å². The Balaban J connectivity index is 0.000000426. The van der Waals surface area contributed by atoms with Crippen molar-refractivity contribution in [1.29, 1.82) is 0 Å². The number of ether oxygens (including phenoxy) is 2. The van der Waals surface area contributed by atoms with E-state index in [0.717, 1.165) is 18.9 Å². The molecule has 2 aliphatic rings. The number of alkyl halides is 5. The molecule has 1 aliphatic heterocycles. The van der Waals surface area contributed by atoms with Crippen LogP contribution in [-0.4, -0.2) is 61.8 Å². The van der Waals surface area contributed by atoms with Gasteiger partial charge in [0.1, 0.15) is 17.1 Å². The van der Waals surface area contributed by atoms with Crippen LogP contribution in [0.2, 0.25) is 0 Å². The number of carbonyl (C=O) groups is 2. The first-order chi connectivity index (χ1) is 17.8. The number of anilines is 1. The monoisotopic (exact) mass is 543 g/mol. The van der Waals surface area contributed by atoms with Gasteiger partial charge in [-0.3, -0.25) is 9.20 Å². The van der Waals surface area contributed by atoms with Crippen LogP contribution in [0.4, 0.5) is 27.6 Å². The number of carboxylic acids is 1. The molecule has 15 heteroatoms. The Kier molecular flexibility index (Phi) is 7.49. The quantitative estimate of drug-likeness (QED) is 0.445. The molecule has 38 heavy (non-hydrogen) atoms. The zero-order valence-corrected chi connectivity index (χ0v) is 19.9. The molecule has 0 bridgehead atoms. The Hall–Kier alpha value is -3.88. The SMILES string of the molecule is CC(C)Oc1nc2nc(C3C4COCC43)cn2cc1NC(=O)c1cccc(C(F)F)n1.O=C(O)C(F)(F)F. The van der Waals surface area contributed by atoms with Crippen LogP contribution in [0.15, 0.2) is 30.6 Å². The molecule has 0 radical (unpaired) electrons. The third-order valence-corrected chi connectivity index (χ3v) is 5.79. The van der Waals surface area contributed by atoms with Gasteiger partial charge in [0.25, 0.3) is 12.3 Å². The summed E-state index contributed by atoms with van der Waals surface area (Å²) in [6.45, 7) is 5.19. The molecule has 0 spiro atoms. The highest BCUT2D eigenvalue weighted by Gasteiger charge is 2.55. The van der Waals surface area contributed by atoms with Gasteiger partial charge in [0.2, 0.25) is 11.7 Å². The van der Waals surface area contributed by atoms with Gasteiger partial charge in [-0.2, -0.15) is 18.2 Å². The minimum absolute atomic E-state index is 0.120. The molecular formula is C23H22F5N5O5. The van der Waals surface area contributed by atoms with E-state index in [2.05, 4.69) is 20.3 Å². The average molecular weight is 543 g/mol. The highest BCUT2D eigenvalue weighted by atomic mass is 19.4. The molecule has 2 atom stereocenters. The highest BCUT2D eigenvalue weighted by Crippen LogP contribution is 2.57. The molecule has 1 aliphatic carbocycles. The van der Waals surface area contributed by atoms with Crippen molar-refractivity contribution in [3.8, 4) is 5.88 Å². The van der Waals surface area contributed by atoms with E-state index in [1.54, 1.807) is 10.6 Å². The predicted molar refractivity (Wildman–Crippen MR) is 120 cm³/mol. The number of fused-ring (bicyclic) bond motifs is 2. The van der Waals surface area contributed by atoms with Gasteiger partial charge in [0.15, 0.2) is 0 Å². The molecule has 0 aromatic carbocycles. The fraction of sp³-hybridized carbons (Fsp3) is 0.435. The van der Waals surface area contributed by atoms with Gasteiger partial charge in [-0.25, -0.2) is 23.5 Å². The lowest BCUT2D eigenvalue weighted by Crippen LogP contribution is -2.21. The van der Waals surface area contributed by atoms with E-state index in [1.807, 2.05) is 20.0 Å². The number of nitrogens with zero attached hydrogens (tertiary/aromatic N) is 4. The maximum absolute atomic E-state index is 12.9. The van der Waals surface area contributed by atoms with Gasteiger partial charge in [0, 0.05) is 18.3 Å². The molecule has 204 valence electrons. The van der Waals surface area contributed by atoms with Crippen molar-refractivity contribution in [1.82, 2.24) is 19.4 Å². The van der Waals surface area contributed by atoms with Crippen molar-refractivity contribution in [3.63, 3.8) is 0 Å². The van der Waals surface area contributed by atoms with E-state index in [1.165, 1.54) is 18.2 Å². The van der Waals surface area contributed by atoms with Crippen LogP contribution in [0.1, 0.15) is 48.1 Å². The number of hydrogen-bond donors (Lipinski definition) is 2. The van der Waals surface area contributed by atoms with Crippen molar-refractivity contribution in [2.24, 2.45) is 11.8 Å². The Labute approximate surface area is 211 Å². The fourth-order valence-electron chi connectivity index (χ4n) is 4.05. The molecule has 2 unspecified atom stereocenters. The van der Waals surface area contributed by atoms with Crippen LogP contribution < -0.4 is 10.1 Å². The second kappa shape index (κ2) is 10.5. The van der Waals surface area contributed by atoms with Gasteiger partial charge in [-0.15, -0.1) is 0 Å². The Bertz CT molecular complexity index is 1340. The lowest BCUT2D eigenvalue weighted by Gasteiger charge is -2.14. The first-order valence-electron chi connectivity index (χ1n) is 11.4. The number of aromatic nitrogens is 4. The summed E-state index contributed by atoms with van der Waals surface area (Å²) in [6.07, 6.45) is -4.47. The molecule has 3 aromatic heterocycles. The lowest BCUT2D eigenvalue weighted by atomic mass is 10.2. The maximum atomic E-state index is 12.9. The molecule has 1 amide bonds. The van der Waals surface area contributed by atoms with Crippen LogP contribution in [-0.2, 0) is 9.53 Å². The minimum Gasteiger partial charge on any atom is -0.475 e. The van der Waals surface area contributed by atoms with Gasteiger partial charge in [-0.05, 0) is 37.8 Å². The summed E-state index contributed by atoms with van der Waals surface area (Å²) in [5, 5.41) is 9.81. The molecular weight excluding hydrogens is 521 g/mol. The van der Waals surface area contributed by atoms with Gasteiger partial charge >= 0.3 is 12.1 Å². The number of carbonyl (C=O) groups excluding carboxylic acids is 1. The summed E-state index contributed by atoms with van der Waals surface area (Å²) in [5.74, 6) is -1.35. The second-order valence-electron chi connectivity index (χ2n) is 8.90. The van der Waals surface area contributed by atoms with E-state index in [0.29, 0.717) is 29.2 Å². The molecule has 1 saturated heterocycles. The Morgan fingerprint density at radius 2 is 1.79 bits per heavy atom. The molecule has 3 aromatic rings. The van der Waals surface area contributed by atoms with Crippen LogP contribution in [0.3, 0.4) is 0 Å². The first kappa shape index (κ1) is 27.2. The molecule has 2 N–H and O–H groups in total. The fourth-order valence-corrected chi connectivity index (χ4v) is 4.05. The normalized spacial score (nSPS) is 20.2. The van der Waals surface area contributed by atoms with E-state index in [9.17, 15) is 26.7 Å². The summed E-state index contributed by atoms with van der Waals surface area (Å²) in [7, 11) is 0. The van der Waals surface area contributed by atoms with E-state index < -0.39 is 30.2 Å². The summed E-state index contributed by atoms with van der Waals surface area (Å²) in [5.41, 5.74) is 0.665. The smallest absolute Gasteiger partial charge is 0.475 e. The van der Waals surface area contributed by atoms with Gasteiger partial charge in [-0.1, -0.05) is 6.07 Å². The van der Waals surface area contributed by atoms with Crippen LogP contribution in [0, 0.1) is 11.8 Å². The van der Waals surface area contributed by atoms with Crippen LogP contribution in [0.5, 0.6) is 5.88 Å². The Morgan fingerprint density at radius 1 is 1.13 bits per heavy atom. The van der Waals surface area contributed by atoms with Crippen molar-refractivity contribution < 1.29 is 46.1 Å². The second-order valence-corrected chi connectivity index (χ2v) is 8.90. The number of aliphatic carboxylic acids is 1. The standard InChI is InChI=1S/C21H21F2N5O3.C2HF3O2/c1-10(2)31-20-16(25-19(29)14-5-3-4-13(24-14)18(22)23)7-28-6-15(26-21(28)27-20)17-11-8-30-9-12(11)17;3-2(4,5)1(6)7/h3-7,10-12,17-18H,8-9H2,1-2H3,(H,25,29);(H,6,7). The van der Waals surface area contributed by atoms with Crippen molar-refractivity contribution in [2.45, 2.75) is 38.5 Å². The number of halogens is 5. The molecule has 5 rings (SSSR count). The summed E-state index contributed by atoms with van der Waals surface area (Å²) in [4.78, 5) is 34.4. The number of imidazole rings is 1. The number of carboxylic acid groups (broad SMARTS) is 1. The maximum Gasteiger partial charge on any atom is 0.490 e. The van der Waals surface area contributed by atoms with Crippen LogP contribution >= 0.6 is 0 Å². The molecule has 1 saturated carbocycles. The Morgan fingerprint density at radius 3 is 2.37 bits per heavy atom. The third-order valence-electron chi connectivity index (χ3n) is 5.79. The predicted octanol–water partition coefficient (Wildman–Crippen LogP) is 4.09. The number of rotatable bonds is 6. The minimum atomic E-state index is -5.08. The molecule has 10 nitrogen and oxygen atoms in total. The summed E-state index contributed by atoms with van der Waals surface area (Å²) in [6, 6.07) is 3.92. The summed E-state index contributed by atoms with van der Waals surface area (Å²) >= 11 is 0. The average Bonchev–Trinajstić information content (AvgIpc) is 3.15. The number of amides is 1. The topological polar surface area (TPSA) is 128 Å². The number of pyridine rings is 1. The summed E-state index contributed by atoms with van der Waals surface area (Å²) < 4.78 is 70.6. The van der Waals surface area contributed by atoms with Crippen molar-refractivity contribution in [2.75, 3.05) is 18.5 Å². The van der Waals surface area contributed by atoms with E-state index in [-0.39, 0.29) is 17.7 Å². The number of nitrogens with one attached hydrogen (secondary N) is 1. The molecule has 2 fully saturated rings. The highest BCUT2D eigenvalue weighted by molar-refractivity contribution is 6.03. The molecule has 4 heterocycles. The largest absolute Gasteiger partial charge is 0.490 e. The van der Waals surface area contributed by atoms with Crippen molar-refractivity contribution in [3.05, 3.63) is 47.7 Å². The lowest BCUT2D eigenvalue weighted by molar-refractivity contribution is -0.192. The van der Waals surface area contributed by atoms with Gasteiger partial charge < -0.3 is 19.9 Å². The third kappa shape index (κ3) is 5.98. The number of hydrogen-bond acceptors (Lipinski definition) is 7.